The van der Waals surface area contributed by atoms with Crippen molar-refractivity contribution in [2.45, 2.75) is 38.4 Å². The molecule has 0 radical (unpaired) electrons. The van der Waals surface area contributed by atoms with E-state index in [4.69, 9.17) is 4.74 Å². The van der Waals surface area contributed by atoms with Gasteiger partial charge in [0.25, 0.3) is 0 Å². The standard InChI is InChI=1S/C16H19NO4/c1-2-9-3-5-10(6-4-9)17-15(18)13-11-7-8-12(21-11)14(13)16(19)20/h3-6,11-14H,2,7-8H2,1H3,(H,17,18)(H,19,20)/t11-,12-,13-,14+/m1/s1. The Bertz CT molecular complexity index is 554. The summed E-state index contributed by atoms with van der Waals surface area (Å²) in [6, 6.07) is 7.62. The first-order chi connectivity index (χ1) is 10.1. The summed E-state index contributed by atoms with van der Waals surface area (Å²) >= 11 is 0. The predicted molar refractivity (Wildman–Crippen MR) is 77.0 cm³/mol. The highest BCUT2D eigenvalue weighted by Gasteiger charge is 2.55. The number of amides is 1. The van der Waals surface area contributed by atoms with Crippen molar-refractivity contribution in [2.75, 3.05) is 5.32 Å². The van der Waals surface area contributed by atoms with Crippen LogP contribution < -0.4 is 5.32 Å². The molecular weight excluding hydrogens is 270 g/mol. The molecule has 1 aromatic rings. The maximum Gasteiger partial charge on any atom is 0.310 e. The normalized spacial score (nSPS) is 30.3. The van der Waals surface area contributed by atoms with Crippen molar-refractivity contribution < 1.29 is 19.4 Å². The van der Waals surface area contributed by atoms with Crippen LogP contribution in [0.3, 0.4) is 0 Å². The van der Waals surface area contributed by atoms with Crippen molar-refractivity contribution >= 4 is 17.6 Å². The van der Waals surface area contributed by atoms with Gasteiger partial charge in [-0.3, -0.25) is 9.59 Å². The molecule has 1 amide bonds. The summed E-state index contributed by atoms with van der Waals surface area (Å²) < 4.78 is 5.61. The second kappa shape index (κ2) is 5.48. The number of aliphatic carboxylic acids is 1. The van der Waals surface area contributed by atoms with Gasteiger partial charge in [0.1, 0.15) is 0 Å². The monoisotopic (exact) mass is 289 g/mol. The first-order valence-corrected chi connectivity index (χ1v) is 7.38. The molecule has 3 rings (SSSR count). The molecule has 2 heterocycles. The molecule has 0 unspecified atom stereocenters. The molecule has 2 N–H and O–H groups in total. The Morgan fingerprint density at radius 2 is 1.81 bits per heavy atom. The van der Waals surface area contributed by atoms with Crippen LogP contribution in [0.4, 0.5) is 5.69 Å². The number of carboxylic acids is 1. The maximum absolute atomic E-state index is 12.4. The van der Waals surface area contributed by atoms with Crippen LogP contribution in [0.25, 0.3) is 0 Å². The summed E-state index contributed by atoms with van der Waals surface area (Å²) in [6.07, 6.45) is 1.87. The number of benzene rings is 1. The number of fused-ring (bicyclic) bond motifs is 2. The van der Waals surface area contributed by atoms with E-state index >= 15 is 0 Å². The number of carbonyl (C=O) groups excluding carboxylic acids is 1. The number of carbonyl (C=O) groups is 2. The fourth-order valence-corrected chi connectivity index (χ4v) is 3.37. The second-order valence-electron chi connectivity index (χ2n) is 5.72. The minimum absolute atomic E-state index is 0.251. The van der Waals surface area contributed by atoms with Crippen molar-refractivity contribution in [1.82, 2.24) is 0 Å². The van der Waals surface area contributed by atoms with E-state index in [1.165, 1.54) is 5.56 Å². The molecule has 21 heavy (non-hydrogen) atoms. The minimum atomic E-state index is -0.941. The fourth-order valence-electron chi connectivity index (χ4n) is 3.37. The number of aryl methyl sites for hydroxylation is 1. The Balaban J connectivity index is 1.73. The average Bonchev–Trinajstić information content (AvgIpc) is 3.08. The summed E-state index contributed by atoms with van der Waals surface area (Å²) in [5.41, 5.74) is 1.89. The van der Waals surface area contributed by atoms with Gasteiger partial charge in [0, 0.05) is 5.69 Å². The highest BCUT2D eigenvalue weighted by atomic mass is 16.5. The summed E-state index contributed by atoms with van der Waals surface area (Å²) in [5, 5.41) is 12.2. The lowest BCUT2D eigenvalue weighted by Crippen LogP contribution is -2.40. The van der Waals surface area contributed by atoms with Gasteiger partial charge in [-0.2, -0.15) is 0 Å². The van der Waals surface area contributed by atoms with Crippen LogP contribution in [0.1, 0.15) is 25.3 Å². The van der Waals surface area contributed by atoms with Gasteiger partial charge >= 0.3 is 5.97 Å². The molecule has 4 atom stereocenters. The van der Waals surface area contributed by atoms with E-state index in [0.29, 0.717) is 5.69 Å². The number of anilines is 1. The van der Waals surface area contributed by atoms with E-state index in [9.17, 15) is 14.7 Å². The highest BCUT2D eigenvalue weighted by Crippen LogP contribution is 2.44. The summed E-state index contributed by atoms with van der Waals surface area (Å²) in [4.78, 5) is 23.8. The first-order valence-electron chi connectivity index (χ1n) is 7.38. The number of carboxylic acid groups (broad SMARTS) is 1. The lowest BCUT2D eigenvalue weighted by molar-refractivity contribution is -0.147. The zero-order valence-corrected chi connectivity index (χ0v) is 11.9. The Hall–Kier alpha value is -1.88. The Morgan fingerprint density at radius 1 is 1.19 bits per heavy atom. The van der Waals surface area contributed by atoms with Gasteiger partial charge in [-0.05, 0) is 37.0 Å². The van der Waals surface area contributed by atoms with Gasteiger partial charge in [-0.25, -0.2) is 0 Å². The number of nitrogens with one attached hydrogen (secondary N) is 1. The van der Waals surface area contributed by atoms with Crippen molar-refractivity contribution in [1.29, 1.82) is 0 Å². The van der Waals surface area contributed by atoms with Gasteiger partial charge in [0.15, 0.2) is 0 Å². The van der Waals surface area contributed by atoms with Crippen LogP contribution in [-0.4, -0.2) is 29.2 Å². The Morgan fingerprint density at radius 3 is 2.38 bits per heavy atom. The van der Waals surface area contributed by atoms with Gasteiger partial charge in [0.2, 0.25) is 5.91 Å². The molecule has 5 heteroatoms. The minimum Gasteiger partial charge on any atom is -0.481 e. The zero-order chi connectivity index (χ0) is 15.0. The molecule has 1 aromatic carbocycles. The Labute approximate surface area is 123 Å². The van der Waals surface area contributed by atoms with E-state index in [-0.39, 0.29) is 18.1 Å². The summed E-state index contributed by atoms with van der Waals surface area (Å²) in [5.74, 6) is -2.51. The van der Waals surface area contributed by atoms with E-state index in [0.717, 1.165) is 19.3 Å². The quantitative estimate of drug-likeness (QED) is 0.889. The number of hydrogen-bond acceptors (Lipinski definition) is 3. The van der Waals surface area contributed by atoms with Crippen molar-refractivity contribution in [3.05, 3.63) is 29.8 Å². The van der Waals surface area contributed by atoms with Gasteiger partial charge in [-0.15, -0.1) is 0 Å². The molecule has 0 saturated carbocycles. The van der Waals surface area contributed by atoms with E-state index < -0.39 is 17.8 Å². The van der Waals surface area contributed by atoms with Crippen LogP contribution in [-0.2, 0) is 20.7 Å². The van der Waals surface area contributed by atoms with Crippen LogP contribution in [0.15, 0.2) is 24.3 Å². The number of hydrogen-bond donors (Lipinski definition) is 2. The Kier molecular flexibility index (Phi) is 3.68. The molecule has 2 aliphatic rings. The molecule has 2 fully saturated rings. The predicted octanol–water partition coefficient (Wildman–Crippen LogP) is 2.07. The molecular formula is C16H19NO4. The lowest BCUT2D eigenvalue weighted by Gasteiger charge is -2.23. The maximum atomic E-state index is 12.4. The van der Waals surface area contributed by atoms with Crippen molar-refractivity contribution in [3.63, 3.8) is 0 Å². The number of rotatable bonds is 4. The highest BCUT2D eigenvalue weighted by molar-refractivity contribution is 5.96. The molecule has 0 aliphatic carbocycles. The van der Waals surface area contributed by atoms with Crippen LogP contribution in [0, 0.1) is 11.8 Å². The topological polar surface area (TPSA) is 75.6 Å². The van der Waals surface area contributed by atoms with Crippen LogP contribution in [0.2, 0.25) is 0 Å². The lowest BCUT2D eigenvalue weighted by atomic mass is 9.78. The third kappa shape index (κ3) is 2.53. The van der Waals surface area contributed by atoms with E-state index in [1.807, 2.05) is 24.3 Å². The molecule has 0 aromatic heterocycles. The SMILES string of the molecule is CCc1ccc(NC(=O)[C@H]2[C@@H](C(=O)O)[C@H]3CC[C@H]2O3)cc1. The smallest absolute Gasteiger partial charge is 0.310 e. The molecule has 2 saturated heterocycles. The summed E-state index contributed by atoms with van der Waals surface area (Å²) in [6.45, 7) is 2.07. The van der Waals surface area contributed by atoms with Gasteiger partial charge in [-0.1, -0.05) is 19.1 Å². The van der Waals surface area contributed by atoms with Crippen molar-refractivity contribution in [3.8, 4) is 0 Å². The fraction of sp³-hybridized carbons (Fsp3) is 0.500. The van der Waals surface area contributed by atoms with Crippen molar-refractivity contribution in [2.24, 2.45) is 11.8 Å². The molecule has 2 aliphatic heterocycles. The van der Waals surface area contributed by atoms with Crippen LogP contribution in [0.5, 0.6) is 0 Å². The third-order valence-electron chi connectivity index (χ3n) is 4.49. The molecule has 5 nitrogen and oxygen atoms in total. The average molecular weight is 289 g/mol. The summed E-state index contributed by atoms with van der Waals surface area (Å²) in [7, 11) is 0. The van der Waals surface area contributed by atoms with E-state index in [2.05, 4.69) is 12.2 Å². The largest absolute Gasteiger partial charge is 0.481 e. The van der Waals surface area contributed by atoms with Crippen LogP contribution >= 0.6 is 0 Å². The molecule has 112 valence electrons. The third-order valence-corrected chi connectivity index (χ3v) is 4.49. The zero-order valence-electron chi connectivity index (χ0n) is 11.9. The van der Waals surface area contributed by atoms with Gasteiger partial charge < -0.3 is 15.2 Å². The van der Waals surface area contributed by atoms with Gasteiger partial charge in [0.05, 0.1) is 24.0 Å². The number of ether oxygens (including phenoxy) is 1. The molecule has 2 bridgehead atoms. The first kappa shape index (κ1) is 14.1. The second-order valence-corrected chi connectivity index (χ2v) is 5.72. The van der Waals surface area contributed by atoms with E-state index in [1.54, 1.807) is 0 Å². The molecule has 0 spiro atoms.